The highest BCUT2D eigenvalue weighted by molar-refractivity contribution is 6.23. The summed E-state index contributed by atoms with van der Waals surface area (Å²) in [6.07, 6.45) is 0. The third-order valence-electron chi connectivity index (χ3n) is 9.17. The molecular weight excluding hydrogens is 540 g/mol. The van der Waals surface area contributed by atoms with E-state index in [1.54, 1.807) is 0 Å². The van der Waals surface area contributed by atoms with Crippen molar-refractivity contribution in [3.05, 3.63) is 133 Å². The van der Waals surface area contributed by atoms with Crippen molar-refractivity contribution < 1.29 is 14.6 Å². The smallest absolute Gasteiger partial charge is 0.143 e. The predicted molar refractivity (Wildman–Crippen MR) is 183 cm³/mol. The Morgan fingerprint density at radius 3 is 1.52 bits per heavy atom. The van der Waals surface area contributed by atoms with Gasteiger partial charge in [-0.2, -0.15) is 0 Å². The van der Waals surface area contributed by atoms with Crippen molar-refractivity contribution in [1.29, 1.82) is 0 Å². The Labute approximate surface area is 252 Å². The van der Waals surface area contributed by atoms with Crippen LogP contribution >= 0.6 is 0 Å². The van der Waals surface area contributed by atoms with Crippen LogP contribution in [0.25, 0.3) is 87.3 Å². The van der Waals surface area contributed by atoms with Gasteiger partial charge >= 0.3 is 0 Å². The molecule has 0 saturated heterocycles. The van der Waals surface area contributed by atoms with Gasteiger partial charge < -0.3 is 14.6 Å². The molecule has 2 N–H and O–H groups in total. The lowest BCUT2D eigenvalue weighted by atomic mass is 9.87. The van der Waals surface area contributed by atoms with E-state index in [1.165, 1.54) is 0 Å². The van der Waals surface area contributed by atoms with Gasteiger partial charge in [-0.05, 0) is 68.6 Å². The van der Waals surface area contributed by atoms with E-state index < -0.39 is 0 Å². The molecule has 3 heteroatoms. The first-order chi connectivity index (χ1) is 21.6. The topological polar surface area (TPSA) is 53.6 Å². The average molecular weight is 567 g/mol. The highest BCUT2D eigenvalue weighted by atomic mass is 16.3. The molecule has 0 spiro atoms. The molecule has 0 radical (unpaired) electrons. The fourth-order valence-corrected chi connectivity index (χ4v) is 7.25. The summed E-state index contributed by atoms with van der Waals surface area (Å²) in [6.45, 7) is 2.09. The molecule has 0 aliphatic carbocycles. The molecule has 0 saturated carbocycles. The quantitative estimate of drug-likeness (QED) is 0.205. The molecule has 9 aromatic rings. The monoisotopic (exact) mass is 566 g/mol. The minimum atomic E-state index is 0.211. The van der Waals surface area contributed by atoms with Crippen molar-refractivity contribution in [3.8, 4) is 33.8 Å². The maximum atomic E-state index is 12.0. The van der Waals surface area contributed by atoms with Crippen LogP contribution in [-0.4, -0.2) is 10.2 Å². The van der Waals surface area contributed by atoms with Crippen molar-refractivity contribution in [2.24, 2.45) is 0 Å². The summed E-state index contributed by atoms with van der Waals surface area (Å²) in [5.74, 6) is 0.448. The van der Waals surface area contributed by atoms with Crippen LogP contribution < -0.4 is 0 Å². The lowest BCUT2D eigenvalue weighted by Gasteiger charge is -2.17. The predicted octanol–water partition coefficient (Wildman–Crippen LogP) is 11.3. The molecule has 8 aromatic carbocycles. The van der Waals surface area contributed by atoms with Crippen molar-refractivity contribution in [2.45, 2.75) is 6.92 Å². The van der Waals surface area contributed by atoms with E-state index in [0.717, 1.165) is 81.7 Å². The highest BCUT2D eigenvalue weighted by Crippen LogP contribution is 2.50. The Balaban J connectivity index is 1.51. The van der Waals surface area contributed by atoms with Crippen LogP contribution in [0, 0.1) is 6.92 Å². The zero-order chi connectivity index (χ0) is 29.5. The first-order valence-corrected chi connectivity index (χ1v) is 14.8. The van der Waals surface area contributed by atoms with E-state index >= 15 is 0 Å². The average Bonchev–Trinajstić information content (AvgIpc) is 3.45. The zero-order valence-electron chi connectivity index (χ0n) is 23.9. The molecule has 9 rings (SSSR count). The fourth-order valence-electron chi connectivity index (χ4n) is 7.25. The second-order valence-corrected chi connectivity index (χ2v) is 11.6. The number of rotatable bonds is 2. The van der Waals surface area contributed by atoms with Crippen LogP contribution in [0.2, 0.25) is 0 Å². The first-order valence-electron chi connectivity index (χ1n) is 14.8. The van der Waals surface area contributed by atoms with Crippen molar-refractivity contribution >= 4 is 65.0 Å². The van der Waals surface area contributed by atoms with Crippen molar-refractivity contribution in [3.63, 3.8) is 0 Å². The van der Waals surface area contributed by atoms with E-state index in [4.69, 9.17) is 4.42 Å². The number of hydrogen-bond donors (Lipinski definition) is 2. The summed E-state index contributed by atoms with van der Waals surface area (Å²) in [6, 6.07) is 42.7. The van der Waals surface area contributed by atoms with Gasteiger partial charge in [0.25, 0.3) is 0 Å². The molecule has 1 heterocycles. The SMILES string of the molecule is Cc1cccc2oc3c(-c4c(O)c5ccccc5c5ccccc45)cc(-c4c(O)c5ccccc5c5ccccc45)cc3c12. The molecule has 208 valence electrons. The molecule has 0 amide bonds. The Morgan fingerprint density at radius 2 is 0.932 bits per heavy atom. The summed E-state index contributed by atoms with van der Waals surface area (Å²) in [4.78, 5) is 0. The van der Waals surface area contributed by atoms with Crippen molar-refractivity contribution in [2.75, 3.05) is 0 Å². The van der Waals surface area contributed by atoms with Gasteiger partial charge in [0.2, 0.25) is 0 Å². The van der Waals surface area contributed by atoms with E-state index in [9.17, 15) is 10.2 Å². The Morgan fingerprint density at radius 1 is 0.455 bits per heavy atom. The molecule has 3 nitrogen and oxygen atoms in total. The molecular formula is C41H26O3. The van der Waals surface area contributed by atoms with Gasteiger partial charge in [-0.1, -0.05) is 109 Å². The van der Waals surface area contributed by atoms with Gasteiger partial charge in [0.1, 0.15) is 22.7 Å². The molecule has 0 bridgehead atoms. The number of hydrogen-bond acceptors (Lipinski definition) is 3. The summed E-state index contributed by atoms with van der Waals surface area (Å²) < 4.78 is 6.64. The zero-order valence-corrected chi connectivity index (χ0v) is 23.9. The van der Waals surface area contributed by atoms with Crippen LogP contribution in [0.1, 0.15) is 5.56 Å². The highest BCUT2D eigenvalue weighted by Gasteiger charge is 2.24. The maximum Gasteiger partial charge on any atom is 0.143 e. The number of phenolic OH excluding ortho intramolecular Hbond substituents is 2. The summed E-state index contributed by atoms with van der Waals surface area (Å²) in [5, 5.41) is 33.6. The molecule has 0 unspecified atom stereocenters. The Kier molecular flexibility index (Phi) is 5.12. The van der Waals surface area contributed by atoms with E-state index in [0.29, 0.717) is 11.1 Å². The largest absolute Gasteiger partial charge is 0.507 e. The van der Waals surface area contributed by atoms with Crippen molar-refractivity contribution in [1.82, 2.24) is 0 Å². The Hall–Kier alpha value is -5.80. The third-order valence-corrected chi connectivity index (χ3v) is 9.17. The lowest BCUT2D eigenvalue weighted by Crippen LogP contribution is -1.91. The fraction of sp³-hybridized carbons (Fsp3) is 0.0244. The summed E-state index contributed by atoms with van der Waals surface area (Å²) in [5.41, 5.74) is 5.71. The minimum Gasteiger partial charge on any atom is -0.507 e. The second kappa shape index (κ2) is 9.10. The summed E-state index contributed by atoms with van der Waals surface area (Å²) in [7, 11) is 0. The maximum absolute atomic E-state index is 12.0. The Bertz CT molecular complexity index is 2640. The molecule has 1 aromatic heterocycles. The van der Waals surface area contributed by atoms with Crippen LogP contribution in [0.3, 0.4) is 0 Å². The van der Waals surface area contributed by atoms with Gasteiger partial charge in [0.15, 0.2) is 0 Å². The van der Waals surface area contributed by atoms with Crippen LogP contribution in [0.4, 0.5) is 0 Å². The van der Waals surface area contributed by atoms with Crippen LogP contribution in [0.15, 0.2) is 132 Å². The van der Waals surface area contributed by atoms with E-state index in [-0.39, 0.29) is 11.5 Å². The van der Waals surface area contributed by atoms with Gasteiger partial charge in [-0.3, -0.25) is 0 Å². The summed E-state index contributed by atoms with van der Waals surface area (Å²) >= 11 is 0. The van der Waals surface area contributed by atoms with Crippen LogP contribution in [0.5, 0.6) is 11.5 Å². The molecule has 0 atom stereocenters. The molecule has 0 fully saturated rings. The number of benzene rings is 8. The number of phenols is 2. The normalized spacial score (nSPS) is 11.9. The molecule has 44 heavy (non-hydrogen) atoms. The van der Waals surface area contributed by atoms with Crippen LogP contribution in [-0.2, 0) is 0 Å². The van der Waals surface area contributed by atoms with Gasteiger partial charge in [-0.25, -0.2) is 0 Å². The van der Waals surface area contributed by atoms with Gasteiger partial charge in [0, 0.05) is 38.2 Å². The third kappa shape index (κ3) is 3.32. The van der Waals surface area contributed by atoms with E-state index in [1.807, 2.05) is 72.8 Å². The number of fused-ring (bicyclic) bond motifs is 9. The standard InChI is InChI=1S/C41H26O3/c1-23-11-10-20-35-36(23)33-21-24(37-29-16-6-2-12-25(29)27-14-4-8-18-31(27)39(37)42)22-34(41(33)44-35)38-30-17-7-3-13-26(30)28-15-5-9-19-32(28)40(38)43/h2-22,42-43H,1H3. The number of furan rings is 1. The van der Waals surface area contributed by atoms with Gasteiger partial charge in [0.05, 0.1) is 0 Å². The van der Waals surface area contributed by atoms with Gasteiger partial charge in [-0.15, -0.1) is 0 Å². The number of aromatic hydroxyl groups is 2. The van der Waals surface area contributed by atoms with E-state index in [2.05, 4.69) is 61.5 Å². The number of aryl methyl sites for hydroxylation is 1. The minimum absolute atomic E-state index is 0.211. The second-order valence-electron chi connectivity index (χ2n) is 11.6. The molecule has 0 aliphatic rings. The first kappa shape index (κ1) is 24.8. The molecule has 0 aliphatic heterocycles. The lowest BCUT2D eigenvalue weighted by molar-refractivity contribution is 0.484.